The lowest BCUT2D eigenvalue weighted by molar-refractivity contribution is -0.141. The molecule has 0 radical (unpaired) electrons. The summed E-state index contributed by atoms with van der Waals surface area (Å²) in [6.07, 6.45) is 1.51. The average Bonchev–Trinajstić information content (AvgIpc) is 2.28. The van der Waals surface area contributed by atoms with Crippen LogP contribution in [0.5, 0.6) is 0 Å². The summed E-state index contributed by atoms with van der Waals surface area (Å²) in [5.74, 6) is -1.35. The molecule has 0 aromatic carbocycles. The monoisotopic (exact) mass is 219 g/mol. The van der Waals surface area contributed by atoms with E-state index in [9.17, 15) is 4.79 Å². The summed E-state index contributed by atoms with van der Waals surface area (Å²) in [5.41, 5.74) is 1.01. The average molecular weight is 219 g/mol. The normalized spacial score (nSPS) is 13.6. The maximum Gasteiger partial charge on any atom is 0.308 e. The van der Waals surface area contributed by atoms with Gasteiger partial charge in [-0.3, -0.25) is 4.79 Å². The highest BCUT2D eigenvalue weighted by molar-refractivity contribution is 5.71. The van der Waals surface area contributed by atoms with E-state index in [-0.39, 0.29) is 6.04 Å². The Morgan fingerprint density at radius 2 is 2.31 bits per heavy atom. The summed E-state index contributed by atoms with van der Waals surface area (Å²) in [5, 5.41) is 20.5. The third-order valence-corrected chi connectivity index (χ3v) is 2.41. The molecule has 0 spiro atoms. The molecule has 16 heavy (non-hydrogen) atoms. The molecular formula is C11H13N3O2. The fourth-order valence-corrected chi connectivity index (χ4v) is 1.18. The SMILES string of the molecule is CC(Nc1ccnc(C#N)c1)C(C)C(=O)O. The van der Waals surface area contributed by atoms with E-state index in [1.54, 1.807) is 26.0 Å². The van der Waals surface area contributed by atoms with Crippen LogP contribution >= 0.6 is 0 Å². The van der Waals surface area contributed by atoms with Crippen LogP contribution in [0.2, 0.25) is 0 Å². The lowest BCUT2D eigenvalue weighted by Crippen LogP contribution is -2.29. The maximum atomic E-state index is 10.7. The molecule has 0 saturated heterocycles. The first-order valence-corrected chi connectivity index (χ1v) is 4.90. The van der Waals surface area contributed by atoms with Crippen molar-refractivity contribution in [2.75, 3.05) is 5.32 Å². The fourth-order valence-electron chi connectivity index (χ4n) is 1.18. The third-order valence-electron chi connectivity index (χ3n) is 2.41. The summed E-state index contributed by atoms with van der Waals surface area (Å²) < 4.78 is 0. The van der Waals surface area contributed by atoms with Crippen molar-refractivity contribution in [2.45, 2.75) is 19.9 Å². The van der Waals surface area contributed by atoms with Crippen LogP contribution in [0, 0.1) is 17.2 Å². The molecular weight excluding hydrogens is 206 g/mol. The van der Waals surface area contributed by atoms with E-state index in [1.807, 2.05) is 6.07 Å². The molecule has 2 N–H and O–H groups in total. The second-order valence-electron chi connectivity index (χ2n) is 3.60. The number of rotatable bonds is 4. The number of nitriles is 1. The third kappa shape index (κ3) is 2.95. The van der Waals surface area contributed by atoms with Gasteiger partial charge in [0.1, 0.15) is 11.8 Å². The van der Waals surface area contributed by atoms with Crippen molar-refractivity contribution in [1.29, 1.82) is 5.26 Å². The van der Waals surface area contributed by atoms with E-state index in [2.05, 4.69) is 10.3 Å². The van der Waals surface area contributed by atoms with Crippen LogP contribution in [0.3, 0.4) is 0 Å². The highest BCUT2D eigenvalue weighted by Gasteiger charge is 2.18. The highest BCUT2D eigenvalue weighted by Crippen LogP contribution is 2.13. The van der Waals surface area contributed by atoms with Crippen molar-refractivity contribution in [3.05, 3.63) is 24.0 Å². The molecule has 1 aromatic rings. The summed E-state index contributed by atoms with van der Waals surface area (Å²) in [7, 11) is 0. The molecule has 0 bridgehead atoms. The van der Waals surface area contributed by atoms with Crippen molar-refractivity contribution < 1.29 is 9.90 Å². The molecule has 0 aliphatic rings. The van der Waals surface area contributed by atoms with Gasteiger partial charge in [-0.2, -0.15) is 5.26 Å². The molecule has 1 rings (SSSR count). The minimum Gasteiger partial charge on any atom is -0.481 e. The molecule has 1 heterocycles. The van der Waals surface area contributed by atoms with Crippen LogP contribution in [-0.4, -0.2) is 22.1 Å². The second-order valence-corrected chi connectivity index (χ2v) is 3.60. The molecule has 0 amide bonds. The Balaban J connectivity index is 2.73. The predicted octanol–water partition coefficient (Wildman–Crippen LogP) is 1.47. The number of carboxylic acids is 1. The van der Waals surface area contributed by atoms with Crippen molar-refractivity contribution >= 4 is 11.7 Å². The van der Waals surface area contributed by atoms with E-state index in [0.29, 0.717) is 11.4 Å². The van der Waals surface area contributed by atoms with Gasteiger partial charge < -0.3 is 10.4 Å². The van der Waals surface area contributed by atoms with Gasteiger partial charge in [0.2, 0.25) is 0 Å². The van der Waals surface area contributed by atoms with Gasteiger partial charge in [0.05, 0.1) is 5.92 Å². The van der Waals surface area contributed by atoms with Gasteiger partial charge >= 0.3 is 5.97 Å². The van der Waals surface area contributed by atoms with Gasteiger partial charge in [-0.15, -0.1) is 0 Å². The highest BCUT2D eigenvalue weighted by atomic mass is 16.4. The van der Waals surface area contributed by atoms with E-state index in [4.69, 9.17) is 10.4 Å². The van der Waals surface area contributed by atoms with Crippen LogP contribution in [0.1, 0.15) is 19.5 Å². The quantitative estimate of drug-likeness (QED) is 0.800. The molecule has 2 unspecified atom stereocenters. The number of aliphatic carboxylic acids is 1. The minimum atomic E-state index is -0.852. The van der Waals surface area contributed by atoms with Crippen molar-refractivity contribution in [2.24, 2.45) is 5.92 Å². The van der Waals surface area contributed by atoms with Gasteiger partial charge in [-0.25, -0.2) is 4.98 Å². The number of carbonyl (C=O) groups is 1. The minimum absolute atomic E-state index is 0.216. The zero-order valence-corrected chi connectivity index (χ0v) is 9.14. The molecule has 2 atom stereocenters. The molecule has 5 heteroatoms. The summed E-state index contributed by atoms with van der Waals surface area (Å²) >= 11 is 0. The van der Waals surface area contributed by atoms with Gasteiger partial charge in [0.15, 0.2) is 0 Å². The van der Waals surface area contributed by atoms with Crippen molar-refractivity contribution in [1.82, 2.24) is 4.98 Å². The lowest BCUT2D eigenvalue weighted by Gasteiger charge is -2.18. The van der Waals surface area contributed by atoms with E-state index < -0.39 is 11.9 Å². The van der Waals surface area contributed by atoms with Crippen molar-refractivity contribution in [3.63, 3.8) is 0 Å². The summed E-state index contributed by atoms with van der Waals surface area (Å²) in [6.45, 7) is 3.41. The van der Waals surface area contributed by atoms with Crippen LogP contribution in [0.4, 0.5) is 5.69 Å². The van der Waals surface area contributed by atoms with E-state index in [0.717, 1.165) is 0 Å². The predicted molar refractivity (Wildman–Crippen MR) is 58.8 cm³/mol. The molecule has 5 nitrogen and oxygen atoms in total. The number of nitrogens with zero attached hydrogens (tertiary/aromatic N) is 2. The van der Waals surface area contributed by atoms with E-state index in [1.165, 1.54) is 6.20 Å². The van der Waals surface area contributed by atoms with Crippen molar-refractivity contribution in [3.8, 4) is 6.07 Å². The van der Waals surface area contributed by atoms with Gasteiger partial charge in [-0.05, 0) is 26.0 Å². The van der Waals surface area contributed by atoms with Crippen LogP contribution in [0.15, 0.2) is 18.3 Å². The number of anilines is 1. The number of hydrogen-bond acceptors (Lipinski definition) is 4. The van der Waals surface area contributed by atoms with Gasteiger partial charge in [-0.1, -0.05) is 0 Å². The van der Waals surface area contributed by atoms with Crippen LogP contribution in [-0.2, 0) is 4.79 Å². The number of carboxylic acid groups (broad SMARTS) is 1. The number of aromatic nitrogens is 1. The number of hydrogen-bond donors (Lipinski definition) is 2. The topological polar surface area (TPSA) is 86.0 Å². The first-order valence-electron chi connectivity index (χ1n) is 4.90. The molecule has 1 aromatic heterocycles. The largest absolute Gasteiger partial charge is 0.481 e. The maximum absolute atomic E-state index is 10.7. The standard InChI is InChI=1S/C11H13N3O2/c1-7(11(15)16)8(2)14-9-3-4-13-10(5-9)6-12/h3-5,7-8H,1-2H3,(H,13,14)(H,15,16). The van der Waals surface area contributed by atoms with Gasteiger partial charge in [0, 0.05) is 17.9 Å². The van der Waals surface area contributed by atoms with Crippen LogP contribution < -0.4 is 5.32 Å². The fraction of sp³-hybridized carbons (Fsp3) is 0.364. The zero-order chi connectivity index (χ0) is 12.1. The number of nitrogens with one attached hydrogen (secondary N) is 1. The Labute approximate surface area is 93.7 Å². The molecule has 0 saturated carbocycles. The molecule has 0 aliphatic heterocycles. The molecule has 0 aliphatic carbocycles. The zero-order valence-electron chi connectivity index (χ0n) is 9.14. The second kappa shape index (κ2) is 5.12. The Morgan fingerprint density at radius 1 is 1.62 bits per heavy atom. The summed E-state index contributed by atoms with van der Waals surface area (Å²) in [6, 6.07) is 5.00. The first kappa shape index (κ1) is 12.0. The van der Waals surface area contributed by atoms with Crippen LogP contribution in [0.25, 0.3) is 0 Å². The van der Waals surface area contributed by atoms with Gasteiger partial charge in [0.25, 0.3) is 0 Å². The summed E-state index contributed by atoms with van der Waals surface area (Å²) in [4.78, 5) is 14.6. The number of pyridine rings is 1. The Hall–Kier alpha value is -2.09. The molecule has 0 fully saturated rings. The smallest absolute Gasteiger partial charge is 0.308 e. The Bertz CT molecular complexity index is 425. The lowest BCUT2D eigenvalue weighted by atomic mass is 10.0. The Morgan fingerprint density at radius 3 is 2.88 bits per heavy atom. The first-order chi connectivity index (χ1) is 7.54. The van der Waals surface area contributed by atoms with E-state index >= 15 is 0 Å². The molecule has 84 valence electrons. The Kier molecular flexibility index (Phi) is 3.84.